The molecule has 0 radical (unpaired) electrons. The lowest BCUT2D eigenvalue weighted by molar-refractivity contribution is -0.132. The maximum Gasteiger partial charge on any atom is 0.239 e. The second-order valence-electron chi connectivity index (χ2n) is 5.48. The predicted octanol–water partition coefficient (Wildman–Crippen LogP) is 2.13. The van der Waals surface area contributed by atoms with Crippen LogP contribution >= 0.6 is 0 Å². The Labute approximate surface area is 121 Å². The van der Waals surface area contributed by atoms with Gasteiger partial charge in [-0.2, -0.15) is 0 Å². The minimum atomic E-state index is -0.491. The number of rotatable bonds is 7. The lowest BCUT2D eigenvalue weighted by Crippen LogP contribution is -2.42. The molecule has 0 heterocycles. The van der Waals surface area contributed by atoms with Crippen molar-refractivity contribution in [1.29, 1.82) is 0 Å². The Hall–Kier alpha value is -1.39. The standard InChI is InChI=1S/C16H26N2O2/c1-12(2)14-7-5-13(6-8-14)11-18(3)16(19)15(17)9-10-20-4/h5-8,12,15H,9-11,17H2,1-4H3. The molecule has 112 valence electrons. The van der Waals surface area contributed by atoms with Gasteiger partial charge in [-0.05, 0) is 23.5 Å². The quantitative estimate of drug-likeness (QED) is 0.831. The van der Waals surface area contributed by atoms with Gasteiger partial charge in [0.15, 0.2) is 0 Å². The van der Waals surface area contributed by atoms with Gasteiger partial charge in [-0.15, -0.1) is 0 Å². The maximum absolute atomic E-state index is 12.1. The van der Waals surface area contributed by atoms with Crippen molar-refractivity contribution in [3.63, 3.8) is 0 Å². The van der Waals surface area contributed by atoms with Crippen LogP contribution in [-0.4, -0.2) is 37.6 Å². The predicted molar refractivity (Wildman–Crippen MR) is 81.5 cm³/mol. The highest BCUT2D eigenvalue weighted by atomic mass is 16.5. The van der Waals surface area contributed by atoms with Crippen LogP contribution in [0.2, 0.25) is 0 Å². The Kier molecular flexibility index (Phi) is 6.68. The Balaban J connectivity index is 2.56. The SMILES string of the molecule is COCCC(N)C(=O)N(C)Cc1ccc(C(C)C)cc1. The number of nitrogens with two attached hydrogens (primary N) is 1. The summed E-state index contributed by atoms with van der Waals surface area (Å²) in [4.78, 5) is 13.7. The second kappa shape index (κ2) is 8.02. The molecule has 20 heavy (non-hydrogen) atoms. The molecule has 0 saturated heterocycles. The van der Waals surface area contributed by atoms with E-state index in [2.05, 4.69) is 38.1 Å². The summed E-state index contributed by atoms with van der Waals surface area (Å²) in [5.74, 6) is 0.473. The van der Waals surface area contributed by atoms with Crippen LogP contribution in [0.15, 0.2) is 24.3 Å². The summed E-state index contributed by atoms with van der Waals surface area (Å²) in [6.45, 7) is 5.42. The number of hydrogen-bond acceptors (Lipinski definition) is 3. The minimum Gasteiger partial charge on any atom is -0.385 e. The van der Waals surface area contributed by atoms with E-state index in [-0.39, 0.29) is 5.91 Å². The smallest absolute Gasteiger partial charge is 0.239 e. The molecule has 4 nitrogen and oxygen atoms in total. The van der Waals surface area contributed by atoms with Crippen molar-refractivity contribution in [3.05, 3.63) is 35.4 Å². The van der Waals surface area contributed by atoms with E-state index in [1.165, 1.54) is 5.56 Å². The highest BCUT2D eigenvalue weighted by Gasteiger charge is 2.17. The van der Waals surface area contributed by atoms with Crippen molar-refractivity contribution in [1.82, 2.24) is 4.90 Å². The molecule has 0 aliphatic carbocycles. The average molecular weight is 278 g/mol. The van der Waals surface area contributed by atoms with Gasteiger partial charge in [0.2, 0.25) is 5.91 Å². The molecule has 4 heteroatoms. The fourth-order valence-electron chi connectivity index (χ4n) is 2.01. The third-order valence-corrected chi connectivity index (χ3v) is 3.39. The zero-order valence-corrected chi connectivity index (χ0v) is 12.9. The van der Waals surface area contributed by atoms with Crippen LogP contribution in [0.5, 0.6) is 0 Å². The monoisotopic (exact) mass is 278 g/mol. The molecule has 0 spiro atoms. The van der Waals surface area contributed by atoms with E-state index < -0.39 is 6.04 Å². The maximum atomic E-state index is 12.1. The van der Waals surface area contributed by atoms with E-state index in [1.807, 2.05) is 0 Å². The molecule has 0 aliphatic heterocycles. The molecule has 1 unspecified atom stereocenters. The van der Waals surface area contributed by atoms with Gasteiger partial charge in [0.1, 0.15) is 0 Å². The molecule has 1 amide bonds. The van der Waals surface area contributed by atoms with E-state index >= 15 is 0 Å². The van der Waals surface area contributed by atoms with Crippen LogP contribution < -0.4 is 5.73 Å². The summed E-state index contributed by atoms with van der Waals surface area (Å²) in [5.41, 5.74) is 8.27. The van der Waals surface area contributed by atoms with E-state index in [0.717, 1.165) is 5.56 Å². The average Bonchev–Trinajstić information content (AvgIpc) is 2.44. The molecule has 1 rings (SSSR count). The molecule has 2 N–H and O–H groups in total. The molecule has 1 aromatic carbocycles. The van der Waals surface area contributed by atoms with Crippen LogP contribution in [0.25, 0.3) is 0 Å². The Morgan fingerprint density at radius 2 is 1.90 bits per heavy atom. The van der Waals surface area contributed by atoms with Gasteiger partial charge in [-0.3, -0.25) is 4.79 Å². The number of amides is 1. The molecule has 0 saturated carbocycles. The van der Waals surface area contributed by atoms with E-state index in [9.17, 15) is 4.79 Å². The first kappa shape index (κ1) is 16.7. The van der Waals surface area contributed by atoms with Crippen molar-refractivity contribution in [2.75, 3.05) is 20.8 Å². The molecule has 0 fully saturated rings. The number of methoxy groups -OCH3 is 1. The number of benzene rings is 1. The lowest BCUT2D eigenvalue weighted by atomic mass is 10.0. The second-order valence-corrected chi connectivity index (χ2v) is 5.48. The molecule has 0 aromatic heterocycles. The third kappa shape index (κ3) is 4.94. The van der Waals surface area contributed by atoms with Gasteiger partial charge < -0.3 is 15.4 Å². The number of hydrogen-bond donors (Lipinski definition) is 1. The molecular formula is C16H26N2O2. The molecule has 0 bridgehead atoms. The van der Waals surface area contributed by atoms with Crippen LogP contribution in [0.1, 0.15) is 37.3 Å². The van der Waals surface area contributed by atoms with E-state index in [1.54, 1.807) is 19.1 Å². The normalized spacial score (nSPS) is 12.5. The Bertz CT molecular complexity index is 415. The van der Waals surface area contributed by atoms with Crippen molar-refractivity contribution in [3.8, 4) is 0 Å². The number of ether oxygens (including phenoxy) is 1. The lowest BCUT2D eigenvalue weighted by Gasteiger charge is -2.21. The fraction of sp³-hybridized carbons (Fsp3) is 0.562. The molecular weight excluding hydrogens is 252 g/mol. The van der Waals surface area contributed by atoms with Crippen molar-refractivity contribution >= 4 is 5.91 Å². The van der Waals surface area contributed by atoms with Gasteiger partial charge >= 0.3 is 0 Å². The van der Waals surface area contributed by atoms with Crippen molar-refractivity contribution in [2.45, 2.75) is 38.8 Å². The Morgan fingerprint density at radius 3 is 2.40 bits per heavy atom. The first-order chi connectivity index (χ1) is 9.45. The van der Waals surface area contributed by atoms with Gasteiger partial charge in [0, 0.05) is 27.3 Å². The summed E-state index contributed by atoms with van der Waals surface area (Å²) < 4.78 is 4.95. The molecule has 0 aliphatic rings. The largest absolute Gasteiger partial charge is 0.385 e. The van der Waals surface area contributed by atoms with Gasteiger partial charge in [-0.1, -0.05) is 38.1 Å². The summed E-state index contributed by atoms with van der Waals surface area (Å²) in [6.07, 6.45) is 0.548. The van der Waals surface area contributed by atoms with Crippen LogP contribution in [0.3, 0.4) is 0 Å². The van der Waals surface area contributed by atoms with Gasteiger partial charge in [0.25, 0.3) is 0 Å². The fourth-order valence-corrected chi connectivity index (χ4v) is 2.01. The van der Waals surface area contributed by atoms with Crippen LogP contribution in [-0.2, 0) is 16.1 Å². The summed E-state index contributed by atoms with van der Waals surface area (Å²) in [5, 5.41) is 0. The van der Waals surface area contributed by atoms with Crippen LogP contribution in [0.4, 0.5) is 0 Å². The summed E-state index contributed by atoms with van der Waals surface area (Å²) >= 11 is 0. The number of carbonyl (C=O) groups excluding carboxylic acids is 1. The number of carbonyl (C=O) groups is 1. The minimum absolute atomic E-state index is 0.0463. The van der Waals surface area contributed by atoms with Gasteiger partial charge in [0.05, 0.1) is 6.04 Å². The zero-order chi connectivity index (χ0) is 15.1. The summed E-state index contributed by atoms with van der Waals surface area (Å²) in [6, 6.07) is 7.88. The highest BCUT2D eigenvalue weighted by molar-refractivity contribution is 5.81. The third-order valence-electron chi connectivity index (χ3n) is 3.39. The van der Waals surface area contributed by atoms with Crippen molar-refractivity contribution in [2.24, 2.45) is 5.73 Å². The van der Waals surface area contributed by atoms with Crippen molar-refractivity contribution < 1.29 is 9.53 Å². The topological polar surface area (TPSA) is 55.6 Å². The number of nitrogens with zero attached hydrogens (tertiary/aromatic N) is 1. The first-order valence-electron chi connectivity index (χ1n) is 7.04. The van der Waals surface area contributed by atoms with Gasteiger partial charge in [-0.25, -0.2) is 0 Å². The highest BCUT2D eigenvalue weighted by Crippen LogP contribution is 2.15. The summed E-state index contributed by atoms with van der Waals surface area (Å²) in [7, 11) is 3.39. The zero-order valence-electron chi connectivity index (χ0n) is 12.9. The van der Waals surface area contributed by atoms with E-state index in [4.69, 9.17) is 10.5 Å². The number of likely N-dealkylation sites (N-methyl/N-ethyl adjacent to an activating group) is 1. The first-order valence-corrected chi connectivity index (χ1v) is 7.04. The van der Waals surface area contributed by atoms with Crippen LogP contribution in [0, 0.1) is 0 Å². The molecule has 1 atom stereocenters. The Morgan fingerprint density at radius 1 is 1.30 bits per heavy atom. The van der Waals surface area contributed by atoms with E-state index in [0.29, 0.717) is 25.5 Å². The molecule has 1 aromatic rings.